The predicted octanol–water partition coefficient (Wildman–Crippen LogP) is 3.80. The fraction of sp³-hybridized carbons (Fsp3) is 0.318. The van der Waals surface area contributed by atoms with Gasteiger partial charge >= 0.3 is 0 Å². The Balaban J connectivity index is 1.68. The Morgan fingerprint density at radius 2 is 1.89 bits per heavy atom. The van der Waals surface area contributed by atoms with Gasteiger partial charge in [-0.05, 0) is 55.0 Å². The van der Waals surface area contributed by atoms with Crippen LogP contribution in [0, 0.1) is 18.7 Å². The number of rotatable bonds is 4. The van der Waals surface area contributed by atoms with Gasteiger partial charge in [-0.1, -0.05) is 31.0 Å². The summed E-state index contributed by atoms with van der Waals surface area (Å²) < 4.78 is 14.7. The molecule has 1 atom stereocenters. The van der Waals surface area contributed by atoms with Gasteiger partial charge in [-0.3, -0.25) is 14.0 Å². The Hall–Kier alpha value is -3.02. The van der Waals surface area contributed by atoms with E-state index in [2.05, 4.69) is 10.3 Å². The molecule has 1 N–H and O–H groups in total. The third-order valence-corrected chi connectivity index (χ3v) is 5.48. The van der Waals surface area contributed by atoms with Gasteiger partial charge in [0.05, 0.1) is 6.04 Å². The standard InChI is InChI=1S/C22H22FN3O2/c1-14-6-11-19-24-12-18(22(28)26(19)13-14)21(27)25-20(15-4-2-3-5-15)16-7-9-17(23)10-8-16/h6-13,15,20H,2-5H2,1H3,(H,25,27). The molecule has 1 aliphatic rings. The van der Waals surface area contributed by atoms with E-state index in [-0.39, 0.29) is 23.3 Å². The number of benzene rings is 1. The van der Waals surface area contributed by atoms with Gasteiger partial charge in [-0.2, -0.15) is 0 Å². The van der Waals surface area contributed by atoms with Gasteiger partial charge in [0.2, 0.25) is 0 Å². The molecule has 1 saturated carbocycles. The first-order valence-electron chi connectivity index (χ1n) is 9.57. The Labute approximate surface area is 162 Å². The lowest BCUT2D eigenvalue weighted by molar-refractivity contribution is 0.0919. The molecule has 2 heterocycles. The number of carbonyl (C=O) groups excluding carboxylic acids is 1. The number of fused-ring (bicyclic) bond motifs is 1. The molecule has 1 aromatic carbocycles. The van der Waals surface area contributed by atoms with E-state index in [0.717, 1.165) is 36.8 Å². The Bertz CT molecular complexity index is 1070. The molecule has 1 unspecified atom stereocenters. The minimum Gasteiger partial charge on any atom is -0.345 e. The van der Waals surface area contributed by atoms with Crippen molar-refractivity contribution >= 4 is 11.6 Å². The van der Waals surface area contributed by atoms with Crippen LogP contribution in [0.15, 0.2) is 53.6 Å². The molecule has 144 valence electrons. The molecule has 0 spiro atoms. The normalized spacial score (nSPS) is 15.6. The molecule has 1 amide bonds. The molecule has 0 bridgehead atoms. The molecule has 6 heteroatoms. The van der Waals surface area contributed by atoms with E-state index in [0.29, 0.717) is 5.65 Å². The number of hydrogen-bond donors (Lipinski definition) is 1. The first-order chi connectivity index (χ1) is 13.5. The van der Waals surface area contributed by atoms with Crippen LogP contribution in [-0.2, 0) is 0 Å². The van der Waals surface area contributed by atoms with Crippen molar-refractivity contribution in [2.24, 2.45) is 5.92 Å². The number of nitrogens with one attached hydrogen (secondary N) is 1. The maximum atomic E-state index is 13.3. The number of aryl methyl sites for hydroxylation is 1. The number of aromatic nitrogens is 2. The second-order valence-electron chi connectivity index (χ2n) is 7.46. The number of pyridine rings is 1. The number of nitrogens with zero attached hydrogens (tertiary/aromatic N) is 2. The van der Waals surface area contributed by atoms with Crippen LogP contribution in [0.2, 0.25) is 0 Å². The summed E-state index contributed by atoms with van der Waals surface area (Å²) in [6.45, 7) is 1.88. The Morgan fingerprint density at radius 3 is 2.61 bits per heavy atom. The first-order valence-corrected chi connectivity index (χ1v) is 9.57. The second kappa shape index (κ2) is 7.54. The van der Waals surface area contributed by atoms with Gasteiger partial charge < -0.3 is 5.32 Å². The molecule has 2 aromatic heterocycles. The minimum absolute atomic E-state index is 0.00760. The monoisotopic (exact) mass is 379 g/mol. The fourth-order valence-electron chi connectivity index (χ4n) is 3.99. The first kappa shape index (κ1) is 18.3. The molecular weight excluding hydrogens is 357 g/mol. The van der Waals surface area contributed by atoms with Crippen molar-refractivity contribution in [2.45, 2.75) is 38.6 Å². The summed E-state index contributed by atoms with van der Waals surface area (Å²) >= 11 is 0. The number of hydrogen-bond acceptors (Lipinski definition) is 3. The number of carbonyl (C=O) groups is 1. The van der Waals surface area contributed by atoms with E-state index < -0.39 is 11.5 Å². The van der Waals surface area contributed by atoms with E-state index in [1.807, 2.05) is 13.0 Å². The quantitative estimate of drug-likeness (QED) is 0.750. The van der Waals surface area contributed by atoms with Crippen LogP contribution in [0.25, 0.3) is 5.65 Å². The van der Waals surface area contributed by atoms with E-state index in [1.165, 1.54) is 22.7 Å². The smallest absolute Gasteiger partial charge is 0.270 e. The van der Waals surface area contributed by atoms with Crippen LogP contribution in [-0.4, -0.2) is 15.3 Å². The molecule has 1 fully saturated rings. The molecule has 5 nitrogen and oxygen atoms in total. The van der Waals surface area contributed by atoms with Crippen LogP contribution >= 0.6 is 0 Å². The highest BCUT2D eigenvalue weighted by molar-refractivity contribution is 5.94. The third-order valence-electron chi connectivity index (χ3n) is 5.48. The average molecular weight is 379 g/mol. The van der Waals surface area contributed by atoms with E-state index in [4.69, 9.17) is 0 Å². The zero-order valence-electron chi connectivity index (χ0n) is 15.7. The van der Waals surface area contributed by atoms with Gasteiger partial charge in [0.15, 0.2) is 0 Å². The average Bonchev–Trinajstić information content (AvgIpc) is 3.22. The van der Waals surface area contributed by atoms with Gasteiger partial charge in [0, 0.05) is 12.4 Å². The second-order valence-corrected chi connectivity index (χ2v) is 7.46. The summed E-state index contributed by atoms with van der Waals surface area (Å²) in [7, 11) is 0. The van der Waals surface area contributed by atoms with Gasteiger partial charge in [-0.15, -0.1) is 0 Å². The van der Waals surface area contributed by atoms with Crippen LogP contribution in [0.1, 0.15) is 53.2 Å². The van der Waals surface area contributed by atoms with Gasteiger partial charge in [-0.25, -0.2) is 9.37 Å². The topological polar surface area (TPSA) is 63.5 Å². The lowest BCUT2D eigenvalue weighted by Crippen LogP contribution is -2.36. The summed E-state index contributed by atoms with van der Waals surface area (Å²) in [5.74, 6) is -0.491. The van der Waals surface area contributed by atoms with Crippen molar-refractivity contribution in [1.82, 2.24) is 14.7 Å². The van der Waals surface area contributed by atoms with Crippen molar-refractivity contribution in [1.29, 1.82) is 0 Å². The van der Waals surface area contributed by atoms with Crippen molar-refractivity contribution < 1.29 is 9.18 Å². The van der Waals surface area contributed by atoms with Crippen LogP contribution < -0.4 is 10.9 Å². The SMILES string of the molecule is Cc1ccc2ncc(C(=O)NC(c3ccc(F)cc3)C3CCCC3)c(=O)n2c1. The van der Waals surface area contributed by atoms with Crippen LogP contribution in [0.4, 0.5) is 4.39 Å². The third kappa shape index (κ3) is 3.54. The van der Waals surface area contributed by atoms with Crippen molar-refractivity contribution in [2.75, 3.05) is 0 Å². The number of halogens is 1. The lowest BCUT2D eigenvalue weighted by Gasteiger charge is -2.25. The maximum absolute atomic E-state index is 13.3. The molecule has 1 aliphatic carbocycles. The minimum atomic E-state index is -0.449. The summed E-state index contributed by atoms with van der Waals surface area (Å²) in [4.78, 5) is 30.0. The van der Waals surface area contributed by atoms with Crippen LogP contribution in [0.3, 0.4) is 0 Å². The predicted molar refractivity (Wildman–Crippen MR) is 105 cm³/mol. The summed E-state index contributed by atoms with van der Waals surface area (Å²) in [5.41, 5.74) is 1.87. The highest BCUT2D eigenvalue weighted by Gasteiger charge is 2.29. The van der Waals surface area contributed by atoms with Crippen molar-refractivity contribution in [3.63, 3.8) is 0 Å². The zero-order valence-corrected chi connectivity index (χ0v) is 15.7. The summed E-state index contributed by atoms with van der Waals surface area (Å²) in [6.07, 6.45) is 7.22. The molecule has 0 saturated heterocycles. The largest absolute Gasteiger partial charge is 0.345 e. The lowest BCUT2D eigenvalue weighted by atomic mass is 9.91. The molecule has 4 rings (SSSR count). The van der Waals surface area contributed by atoms with Gasteiger partial charge in [0.1, 0.15) is 17.0 Å². The fourth-order valence-corrected chi connectivity index (χ4v) is 3.99. The summed E-state index contributed by atoms with van der Waals surface area (Å²) in [5, 5.41) is 3.02. The Morgan fingerprint density at radius 1 is 1.18 bits per heavy atom. The van der Waals surface area contributed by atoms with E-state index in [1.54, 1.807) is 24.4 Å². The highest BCUT2D eigenvalue weighted by Crippen LogP contribution is 2.35. The van der Waals surface area contributed by atoms with E-state index in [9.17, 15) is 14.0 Å². The van der Waals surface area contributed by atoms with Crippen molar-refractivity contribution in [3.05, 3.63) is 81.7 Å². The molecule has 3 aromatic rings. The van der Waals surface area contributed by atoms with Crippen LogP contribution in [0.5, 0.6) is 0 Å². The maximum Gasteiger partial charge on any atom is 0.270 e. The van der Waals surface area contributed by atoms with E-state index >= 15 is 0 Å². The highest BCUT2D eigenvalue weighted by atomic mass is 19.1. The molecule has 0 radical (unpaired) electrons. The van der Waals surface area contributed by atoms with Crippen molar-refractivity contribution in [3.8, 4) is 0 Å². The zero-order chi connectivity index (χ0) is 19.7. The number of amides is 1. The molecule has 0 aliphatic heterocycles. The molecule has 28 heavy (non-hydrogen) atoms. The summed E-state index contributed by atoms with van der Waals surface area (Å²) in [6, 6.07) is 9.57. The molecular formula is C22H22FN3O2. The van der Waals surface area contributed by atoms with Gasteiger partial charge in [0.25, 0.3) is 11.5 Å². The Kier molecular flexibility index (Phi) is 4.94.